The number of rotatable bonds is 4. The number of fused-ring (bicyclic) bond motifs is 2. The number of thiazole rings is 1. The van der Waals surface area contributed by atoms with Gasteiger partial charge in [-0.05, 0) is 37.8 Å². The minimum atomic E-state index is 0.407. The highest BCUT2D eigenvalue weighted by Gasteiger charge is 2.24. The Bertz CT molecular complexity index is 838. The summed E-state index contributed by atoms with van der Waals surface area (Å²) in [6.45, 7) is 2.94. The van der Waals surface area contributed by atoms with Crippen molar-refractivity contribution in [2.24, 2.45) is 0 Å². The molecule has 1 atom stereocenters. The summed E-state index contributed by atoms with van der Waals surface area (Å²) in [5, 5.41) is 5.65. The maximum Gasteiger partial charge on any atom is 0.137 e. The van der Waals surface area contributed by atoms with Crippen molar-refractivity contribution in [1.29, 1.82) is 0 Å². The first-order valence-corrected chi connectivity index (χ1v) is 9.27. The second-order valence-electron chi connectivity index (χ2n) is 5.94. The number of nitrogens with one attached hydrogen (secondary N) is 1. The molecule has 1 aliphatic rings. The fourth-order valence-electron chi connectivity index (χ4n) is 3.15. The van der Waals surface area contributed by atoms with Gasteiger partial charge in [0.1, 0.15) is 5.65 Å². The minimum Gasteiger partial charge on any atom is -0.305 e. The number of imidazole rings is 1. The zero-order chi connectivity index (χ0) is 15.8. The van der Waals surface area contributed by atoms with Crippen molar-refractivity contribution in [3.8, 4) is 0 Å². The Labute approximate surface area is 144 Å². The van der Waals surface area contributed by atoms with Gasteiger partial charge in [0.25, 0.3) is 0 Å². The van der Waals surface area contributed by atoms with Crippen LogP contribution >= 0.6 is 22.9 Å². The lowest BCUT2D eigenvalue weighted by molar-refractivity contribution is 0.461. The smallest absolute Gasteiger partial charge is 0.137 e. The molecule has 0 radical (unpaired) electrons. The molecule has 0 fully saturated rings. The summed E-state index contributed by atoms with van der Waals surface area (Å²) in [6, 6.07) is 4.23. The van der Waals surface area contributed by atoms with Gasteiger partial charge in [-0.3, -0.25) is 0 Å². The van der Waals surface area contributed by atoms with Gasteiger partial charge < -0.3 is 9.72 Å². The number of aryl methyl sites for hydroxylation is 2. The molecule has 6 heteroatoms. The lowest BCUT2D eigenvalue weighted by Crippen LogP contribution is -2.23. The second kappa shape index (κ2) is 6.23. The molecule has 4 nitrogen and oxygen atoms in total. The zero-order valence-electron chi connectivity index (χ0n) is 13.1. The summed E-state index contributed by atoms with van der Waals surface area (Å²) in [5.41, 5.74) is 3.28. The third kappa shape index (κ3) is 3.01. The van der Waals surface area contributed by atoms with Crippen LogP contribution in [0.25, 0.3) is 5.65 Å². The van der Waals surface area contributed by atoms with Crippen molar-refractivity contribution in [2.75, 3.05) is 0 Å². The summed E-state index contributed by atoms with van der Waals surface area (Å²) in [6.07, 6.45) is 8.47. The molecule has 1 aliphatic carbocycles. The normalized spacial score (nSPS) is 17.6. The maximum absolute atomic E-state index is 6.03. The molecule has 0 spiro atoms. The highest BCUT2D eigenvalue weighted by molar-refractivity contribution is 7.11. The molecule has 0 bridgehead atoms. The van der Waals surface area contributed by atoms with E-state index in [9.17, 15) is 0 Å². The Morgan fingerprint density at radius 3 is 3.13 bits per heavy atom. The first-order chi connectivity index (χ1) is 11.2. The van der Waals surface area contributed by atoms with Gasteiger partial charge >= 0.3 is 0 Å². The monoisotopic (exact) mass is 346 g/mol. The van der Waals surface area contributed by atoms with Gasteiger partial charge in [-0.15, -0.1) is 11.3 Å². The molecule has 23 heavy (non-hydrogen) atoms. The number of hydrogen-bond donors (Lipinski definition) is 1. The number of nitrogens with zero attached hydrogens (tertiary/aromatic N) is 3. The van der Waals surface area contributed by atoms with E-state index in [4.69, 9.17) is 16.6 Å². The number of aromatic nitrogens is 3. The molecule has 3 heterocycles. The Morgan fingerprint density at radius 1 is 1.35 bits per heavy atom. The molecule has 0 amide bonds. The van der Waals surface area contributed by atoms with E-state index in [1.807, 2.05) is 40.3 Å². The fraction of sp³-hybridized carbons (Fsp3) is 0.412. The number of halogens is 1. The van der Waals surface area contributed by atoms with Gasteiger partial charge in [-0.2, -0.15) is 0 Å². The van der Waals surface area contributed by atoms with Gasteiger partial charge in [-0.25, -0.2) is 9.97 Å². The van der Waals surface area contributed by atoms with Gasteiger partial charge in [0.2, 0.25) is 0 Å². The van der Waals surface area contributed by atoms with Crippen LogP contribution in [-0.2, 0) is 19.4 Å². The molecule has 0 aliphatic heterocycles. The van der Waals surface area contributed by atoms with Crippen molar-refractivity contribution < 1.29 is 0 Å². The molecular formula is C17H19ClN4S. The van der Waals surface area contributed by atoms with E-state index < -0.39 is 0 Å². The van der Waals surface area contributed by atoms with Crippen molar-refractivity contribution in [3.63, 3.8) is 0 Å². The van der Waals surface area contributed by atoms with E-state index in [0.717, 1.165) is 35.8 Å². The largest absolute Gasteiger partial charge is 0.305 e. The van der Waals surface area contributed by atoms with Crippen LogP contribution in [0.1, 0.15) is 47.1 Å². The summed E-state index contributed by atoms with van der Waals surface area (Å²) in [5.74, 6) is 0. The molecule has 1 N–H and O–H groups in total. The molecule has 3 aromatic rings. The van der Waals surface area contributed by atoms with Crippen molar-refractivity contribution in [2.45, 2.75) is 45.2 Å². The van der Waals surface area contributed by atoms with Gasteiger partial charge in [-0.1, -0.05) is 18.5 Å². The Morgan fingerprint density at radius 2 is 2.26 bits per heavy atom. The molecule has 120 valence electrons. The minimum absolute atomic E-state index is 0.407. The zero-order valence-corrected chi connectivity index (χ0v) is 14.6. The Hall–Kier alpha value is -1.43. The third-order valence-electron chi connectivity index (χ3n) is 4.29. The van der Waals surface area contributed by atoms with Crippen LogP contribution in [0.15, 0.2) is 24.5 Å². The summed E-state index contributed by atoms with van der Waals surface area (Å²) >= 11 is 7.90. The molecule has 0 unspecified atom stereocenters. The van der Waals surface area contributed by atoms with Crippen LogP contribution in [0.4, 0.5) is 0 Å². The van der Waals surface area contributed by atoms with E-state index >= 15 is 0 Å². The number of hydrogen-bond acceptors (Lipinski definition) is 4. The lowest BCUT2D eigenvalue weighted by atomic mass is 9.98. The van der Waals surface area contributed by atoms with Crippen LogP contribution in [-0.4, -0.2) is 14.4 Å². The first-order valence-electron chi connectivity index (χ1n) is 8.08. The molecule has 0 aromatic carbocycles. The topological polar surface area (TPSA) is 42.2 Å². The summed E-state index contributed by atoms with van der Waals surface area (Å²) < 4.78 is 1.98. The average Bonchev–Trinajstić information content (AvgIpc) is 3.15. The van der Waals surface area contributed by atoms with Crippen LogP contribution < -0.4 is 5.32 Å². The average molecular weight is 347 g/mol. The quantitative estimate of drug-likeness (QED) is 0.770. The van der Waals surface area contributed by atoms with Crippen LogP contribution in [0.2, 0.25) is 5.02 Å². The highest BCUT2D eigenvalue weighted by Crippen LogP contribution is 2.34. The molecular weight excluding hydrogens is 328 g/mol. The van der Waals surface area contributed by atoms with E-state index in [0.29, 0.717) is 6.04 Å². The van der Waals surface area contributed by atoms with E-state index in [-0.39, 0.29) is 0 Å². The predicted octanol–water partition coefficient (Wildman–Crippen LogP) is 4.17. The molecule has 4 rings (SSSR count). The Kier molecular flexibility index (Phi) is 4.09. The third-order valence-corrected chi connectivity index (χ3v) is 5.87. The van der Waals surface area contributed by atoms with Gasteiger partial charge in [0, 0.05) is 29.9 Å². The van der Waals surface area contributed by atoms with Gasteiger partial charge in [0.05, 0.1) is 21.4 Å². The van der Waals surface area contributed by atoms with E-state index in [1.165, 1.54) is 28.4 Å². The standard InChI is InChI=1S/C17H19ClN4S/c1-2-16-21-14-5-3-4-13(17(14)23-16)19-8-12-10-22-9-11(18)6-7-15(22)20-12/h6-7,9-10,13,19H,2-5,8H2,1H3/t13-/m1/s1. The maximum atomic E-state index is 6.03. The molecule has 0 saturated heterocycles. The van der Waals surface area contributed by atoms with Gasteiger partial charge in [0.15, 0.2) is 0 Å². The SMILES string of the molecule is CCc1nc2c(s1)[C@H](NCc1cn3cc(Cl)ccc3n1)CCC2. The van der Waals surface area contributed by atoms with Crippen LogP contribution in [0, 0.1) is 0 Å². The predicted molar refractivity (Wildman–Crippen MR) is 94.2 cm³/mol. The lowest BCUT2D eigenvalue weighted by Gasteiger charge is -2.22. The van der Waals surface area contributed by atoms with Crippen LogP contribution in [0.3, 0.4) is 0 Å². The molecule has 0 saturated carbocycles. The van der Waals surface area contributed by atoms with Crippen molar-refractivity contribution in [1.82, 2.24) is 19.7 Å². The summed E-state index contributed by atoms with van der Waals surface area (Å²) in [7, 11) is 0. The van der Waals surface area contributed by atoms with Crippen molar-refractivity contribution >= 4 is 28.6 Å². The second-order valence-corrected chi connectivity index (χ2v) is 7.49. The molecule has 3 aromatic heterocycles. The Balaban J connectivity index is 1.51. The van der Waals surface area contributed by atoms with Crippen molar-refractivity contribution in [3.05, 3.63) is 50.8 Å². The van der Waals surface area contributed by atoms with E-state index in [2.05, 4.69) is 17.2 Å². The number of pyridine rings is 1. The summed E-state index contributed by atoms with van der Waals surface area (Å²) in [4.78, 5) is 10.8. The van der Waals surface area contributed by atoms with Crippen LogP contribution in [0.5, 0.6) is 0 Å². The first kappa shape index (κ1) is 15.1. The van der Waals surface area contributed by atoms with E-state index in [1.54, 1.807) is 0 Å². The highest BCUT2D eigenvalue weighted by atomic mass is 35.5. The fourth-order valence-corrected chi connectivity index (χ4v) is 4.48.